The van der Waals surface area contributed by atoms with Gasteiger partial charge in [-0.2, -0.15) is 0 Å². The Kier molecular flexibility index (Phi) is 6.14. The molecule has 0 bridgehead atoms. The molecule has 150 valence electrons. The maximum Gasteiger partial charge on any atom is 0.294 e. The molecule has 7 nitrogen and oxygen atoms in total. The van der Waals surface area contributed by atoms with Crippen molar-refractivity contribution in [2.45, 2.75) is 6.92 Å². The number of halogens is 1. The standard InChI is InChI=1S/C20H17ClN2O5S/c1-11-3-5-14(6-4-11)22-17(24)10-23-19(26)16(29-20(23)27)8-12-7-13(21)9-15(28-2)18(12)25/h3-9,25H,10H2,1-2H3,(H,22,24)/b16-8-. The number of ether oxygens (including phenoxy) is 1. The zero-order valence-electron chi connectivity index (χ0n) is 15.6. The summed E-state index contributed by atoms with van der Waals surface area (Å²) in [5.41, 5.74) is 1.84. The SMILES string of the molecule is COc1cc(Cl)cc(/C=C2\SC(=O)N(CC(=O)Nc3ccc(C)cc3)C2=O)c1O. The molecular weight excluding hydrogens is 416 g/mol. The van der Waals surface area contributed by atoms with E-state index >= 15 is 0 Å². The highest BCUT2D eigenvalue weighted by atomic mass is 35.5. The molecule has 9 heteroatoms. The molecule has 0 atom stereocenters. The number of thioether (sulfide) groups is 1. The fourth-order valence-electron chi connectivity index (χ4n) is 2.62. The number of imide groups is 1. The third kappa shape index (κ3) is 4.72. The van der Waals surface area contributed by atoms with Gasteiger partial charge in [-0.3, -0.25) is 19.3 Å². The van der Waals surface area contributed by atoms with Crippen LogP contribution in [0.2, 0.25) is 5.02 Å². The molecule has 1 heterocycles. The molecular formula is C20H17ClN2O5S. The molecule has 0 saturated carbocycles. The lowest BCUT2D eigenvalue weighted by atomic mass is 10.1. The Morgan fingerprint density at radius 1 is 1.28 bits per heavy atom. The summed E-state index contributed by atoms with van der Waals surface area (Å²) >= 11 is 6.67. The minimum absolute atomic E-state index is 0.0674. The van der Waals surface area contributed by atoms with Crippen LogP contribution in [0.25, 0.3) is 6.08 Å². The van der Waals surface area contributed by atoms with Gasteiger partial charge in [0.1, 0.15) is 6.54 Å². The Morgan fingerprint density at radius 2 is 1.97 bits per heavy atom. The van der Waals surface area contributed by atoms with Gasteiger partial charge >= 0.3 is 0 Å². The van der Waals surface area contributed by atoms with E-state index in [0.29, 0.717) is 22.5 Å². The van der Waals surface area contributed by atoms with E-state index in [-0.39, 0.29) is 22.0 Å². The number of amides is 3. The van der Waals surface area contributed by atoms with Gasteiger partial charge in [0.25, 0.3) is 11.1 Å². The minimum Gasteiger partial charge on any atom is -0.504 e. The zero-order valence-corrected chi connectivity index (χ0v) is 17.1. The molecule has 1 aliphatic heterocycles. The van der Waals surface area contributed by atoms with E-state index in [2.05, 4.69) is 5.32 Å². The fraction of sp³-hybridized carbons (Fsp3) is 0.150. The van der Waals surface area contributed by atoms with E-state index in [0.717, 1.165) is 10.5 Å². The highest BCUT2D eigenvalue weighted by molar-refractivity contribution is 8.18. The van der Waals surface area contributed by atoms with Crippen molar-refractivity contribution in [3.05, 3.63) is 57.5 Å². The number of phenolic OH excluding ortho intramolecular Hbond substituents is 1. The van der Waals surface area contributed by atoms with Crippen molar-refractivity contribution in [1.82, 2.24) is 4.90 Å². The first-order valence-electron chi connectivity index (χ1n) is 8.47. The van der Waals surface area contributed by atoms with Gasteiger partial charge in [0.15, 0.2) is 11.5 Å². The summed E-state index contributed by atoms with van der Waals surface area (Å²) in [5, 5.41) is 12.6. The van der Waals surface area contributed by atoms with Gasteiger partial charge in [-0.1, -0.05) is 29.3 Å². The number of carbonyl (C=O) groups is 3. The van der Waals surface area contributed by atoms with Crippen LogP contribution < -0.4 is 10.1 Å². The van der Waals surface area contributed by atoms with Crippen LogP contribution in [0.1, 0.15) is 11.1 Å². The molecule has 1 saturated heterocycles. The second-order valence-corrected chi connectivity index (χ2v) is 7.66. The predicted octanol–water partition coefficient (Wildman–Crippen LogP) is 4.04. The number of nitrogens with one attached hydrogen (secondary N) is 1. The second-order valence-electron chi connectivity index (χ2n) is 6.23. The van der Waals surface area contributed by atoms with Crippen LogP contribution in [0.3, 0.4) is 0 Å². The Hall–Kier alpha value is -2.97. The number of aryl methyl sites for hydroxylation is 1. The molecule has 0 radical (unpaired) electrons. The van der Waals surface area contributed by atoms with Crippen LogP contribution in [-0.4, -0.2) is 40.7 Å². The number of carbonyl (C=O) groups excluding carboxylic acids is 3. The van der Waals surface area contributed by atoms with Gasteiger partial charge < -0.3 is 15.2 Å². The molecule has 1 aliphatic rings. The number of hydrogen-bond acceptors (Lipinski definition) is 6. The normalized spacial score (nSPS) is 15.1. The summed E-state index contributed by atoms with van der Waals surface area (Å²) < 4.78 is 5.03. The Labute approximate surface area is 176 Å². The lowest BCUT2D eigenvalue weighted by Gasteiger charge is -2.12. The number of aromatic hydroxyl groups is 1. The summed E-state index contributed by atoms with van der Waals surface area (Å²) in [6.07, 6.45) is 1.34. The predicted molar refractivity (Wildman–Crippen MR) is 112 cm³/mol. The molecule has 0 aromatic heterocycles. The summed E-state index contributed by atoms with van der Waals surface area (Å²) in [6, 6.07) is 10.0. The number of hydrogen-bond donors (Lipinski definition) is 2. The smallest absolute Gasteiger partial charge is 0.294 e. The summed E-state index contributed by atoms with van der Waals surface area (Å²) in [7, 11) is 1.37. The topological polar surface area (TPSA) is 95.9 Å². The van der Waals surface area contributed by atoms with E-state index in [1.54, 1.807) is 12.1 Å². The van der Waals surface area contributed by atoms with Crippen LogP contribution in [-0.2, 0) is 9.59 Å². The monoisotopic (exact) mass is 432 g/mol. The third-order valence-corrected chi connectivity index (χ3v) is 5.21. The number of anilines is 1. The largest absolute Gasteiger partial charge is 0.504 e. The van der Waals surface area contributed by atoms with Crippen molar-refractivity contribution in [3.8, 4) is 11.5 Å². The summed E-state index contributed by atoms with van der Waals surface area (Å²) in [5.74, 6) is -1.19. The average molecular weight is 433 g/mol. The van der Waals surface area contributed by atoms with E-state index in [1.165, 1.54) is 25.3 Å². The summed E-state index contributed by atoms with van der Waals surface area (Å²) in [4.78, 5) is 38.0. The van der Waals surface area contributed by atoms with Gasteiger partial charge in [0.05, 0.1) is 12.0 Å². The van der Waals surface area contributed by atoms with Gasteiger partial charge in [-0.25, -0.2) is 0 Å². The molecule has 2 N–H and O–H groups in total. The quantitative estimate of drug-likeness (QED) is 0.692. The van der Waals surface area contributed by atoms with E-state index in [4.69, 9.17) is 16.3 Å². The second kappa shape index (κ2) is 8.59. The van der Waals surface area contributed by atoms with Crippen LogP contribution in [0.4, 0.5) is 10.5 Å². The number of nitrogens with zero attached hydrogens (tertiary/aromatic N) is 1. The zero-order chi connectivity index (χ0) is 21.1. The maximum absolute atomic E-state index is 12.6. The average Bonchev–Trinajstić information content (AvgIpc) is 2.93. The lowest BCUT2D eigenvalue weighted by Crippen LogP contribution is -2.36. The number of rotatable bonds is 5. The fourth-order valence-corrected chi connectivity index (χ4v) is 3.66. The maximum atomic E-state index is 12.6. The number of methoxy groups -OCH3 is 1. The van der Waals surface area contributed by atoms with Gasteiger partial charge in [0.2, 0.25) is 5.91 Å². The van der Waals surface area contributed by atoms with E-state index < -0.39 is 23.6 Å². The minimum atomic E-state index is -0.627. The van der Waals surface area contributed by atoms with Crippen molar-refractivity contribution >= 4 is 52.2 Å². The Morgan fingerprint density at radius 3 is 2.62 bits per heavy atom. The first-order valence-corrected chi connectivity index (χ1v) is 9.66. The molecule has 29 heavy (non-hydrogen) atoms. The molecule has 3 rings (SSSR count). The molecule has 2 aromatic rings. The lowest BCUT2D eigenvalue weighted by molar-refractivity contribution is -0.127. The molecule has 3 amide bonds. The van der Waals surface area contributed by atoms with Crippen LogP contribution >= 0.6 is 23.4 Å². The van der Waals surface area contributed by atoms with E-state index in [1.807, 2.05) is 19.1 Å². The highest BCUT2D eigenvalue weighted by Crippen LogP contribution is 2.38. The number of phenols is 1. The molecule has 2 aromatic carbocycles. The Bertz CT molecular complexity index is 1020. The van der Waals surface area contributed by atoms with Gasteiger partial charge in [0, 0.05) is 22.3 Å². The van der Waals surface area contributed by atoms with Crippen LogP contribution in [0.5, 0.6) is 11.5 Å². The molecule has 0 spiro atoms. The Balaban J connectivity index is 1.76. The van der Waals surface area contributed by atoms with Crippen molar-refractivity contribution < 1.29 is 24.2 Å². The van der Waals surface area contributed by atoms with Crippen LogP contribution in [0, 0.1) is 6.92 Å². The van der Waals surface area contributed by atoms with Crippen LogP contribution in [0.15, 0.2) is 41.3 Å². The van der Waals surface area contributed by atoms with Crippen molar-refractivity contribution in [2.75, 3.05) is 19.0 Å². The van der Waals surface area contributed by atoms with Gasteiger partial charge in [-0.15, -0.1) is 0 Å². The van der Waals surface area contributed by atoms with Crippen molar-refractivity contribution in [1.29, 1.82) is 0 Å². The molecule has 0 unspecified atom stereocenters. The van der Waals surface area contributed by atoms with E-state index in [9.17, 15) is 19.5 Å². The molecule has 0 aliphatic carbocycles. The van der Waals surface area contributed by atoms with Gasteiger partial charge in [-0.05, 0) is 43.0 Å². The first kappa shape index (κ1) is 20.8. The first-order chi connectivity index (χ1) is 13.8. The van der Waals surface area contributed by atoms with Crippen molar-refractivity contribution in [3.63, 3.8) is 0 Å². The highest BCUT2D eigenvalue weighted by Gasteiger charge is 2.36. The number of benzene rings is 2. The third-order valence-electron chi connectivity index (χ3n) is 4.09. The van der Waals surface area contributed by atoms with Crippen molar-refractivity contribution in [2.24, 2.45) is 0 Å². The summed E-state index contributed by atoms with van der Waals surface area (Å²) in [6.45, 7) is 1.51. The molecule has 1 fully saturated rings.